The number of aromatic nitrogens is 4. The first-order valence-corrected chi connectivity index (χ1v) is 20.5. The summed E-state index contributed by atoms with van der Waals surface area (Å²) in [4.78, 5) is 72.7. The number of halogens is 1. The molecule has 4 aromatic carbocycles. The number of hydrogen-bond donors (Lipinski definition) is 3. The van der Waals surface area contributed by atoms with Gasteiger partial charge in [0, 0.05) is 67.7 Å². The van der Waals surface area contributed by atoms with Crippen molar-refractivity contribution < 1.29 is 32.9 Å². The Kier molecular flexibility index (Phi) is 10.3. The Hall–Kier alpha value is -7.07. The monoisotopic (exact) mass is 837 g/mol. The summed E-state index contributed by atoms with van der Waals surface area (Å²) in [6.45, 7) is 11.4. The van der Waals surface area contributed by atoms with E-state index in [1.807, 2.05) is 45.9 Å². The summed E-state index contributed by atoms with van der Waals surface area (Å²) in [5.74, 6) is -3.60. The number of H-pyrrole nitrogens is 1. The van der Waals surface area contributed by atoms with E-state index in [1.54, 1.807) is 6.07 Å². The molecule has 2 saturated heterocycles. The number of imide groups is 2. The fraction of sp³-hybridized carbons (Fsp3) is 0.304. The van der Waals surface area contributed by atoms with E-state index in [4.69, 9.17) is 4.52 Å². The van der Waals surface area contributed by atoms with Crippen LogP contribution in [-0.4, -0.2) is 91.9 Å². The van der Waals surface area contributed by atoms with Crippen LogP contribution < -0.4 is 15.5 Å². The van der Waals surface area contributed by atoms with E-state index in [2.05, 4.69) is 83.2 Å². The van der Waals surface area contributed by atoms with Gasteiger partial charge in [-0.2, -0.15) is 10.1 Å². The van der Waals surface area contributed by atoms with Gasteiger partial charge >= 0.3 is 11.8 Å². The number of carbonyl (C=O) groups excluding carboxylic acids is 5. The lowest BCUT2D eigenvalue weighted by atomic mass is 9.96. The minimum atomic E-state index is -1.15. The highest BCUT2D eigenvalue weighted by Crippen LogP contribution is 2.34. The van der Waals surface area contributed by atoms with Crippen molar-refractivity contribution in [3.05, 3.63) is 118 Å². The molecule has 0 aliphatic carbocycles. The Bertz CT molecular complexity index is 2800. The van der Waals surface area contributed by atoms with Gasteiger partial charge in [0.1, 0.15) is 11.9 Å². The minimum absolute atomic E-state index is 0.00627. The van der Waals surface area contributed by atoms with E-state index in [-0.39, 0.29) is 35.3 Å². The van der Waals surface area contributed by atoms with Crippen molar-refractivity contribution in [3.63, 3.8) is 0 Å². The number of anilines is 1. The number of amides is 5. The molecule has 3 aliphatic heterocycles. The van der Waals surface area contributed by atoms with Crippen LogP contribution in [0.15, 0.2) is 77.3 Å². The van der Waals surface area contributed by atoms with Crippen LogP contribution in [0.2, 0.25) is 0 Å². The lowest BCUT2D eigenvalue weighted by Crippen LogP contribution is -2.54. The van der Waals surface area contributed by atoms with E-state index in [1.165, 1.54) is 6.07 Å². The smallest absolute Gasteiger partial charge is 0.315 e. The second-order valence-corrected chi connectivity index (χ2v) is 17.1. The second-order valence-electron chi connectivity index (χ2n) is 17.1. The zero-order valence-electron chi connectivity index (χ0n) is 34.7. The molecule has 1 unspecified atom stereocenters. The summed E-state index contributed by atoms with van der Waals surface area (Å²) in [7, 11) is 0. The van der Waals surface area contributed by atoms with Crippen LogP contribution in [0.3, 0.4) is 0 Å². The molecule has 0 saturated carbocycles. The van der Waals surface area contributed by atoms with E-state index in [9.17, 15) is 24.0 Å². The van der Waals surface area contributed by atoms with Gasteiger partial charge < -0.3 is 14.7 Å². The molecular weight excluding hydrogens is 794 g/mol. The van der Waals surface area contributed by atoms with Gasteiger partial charge in [0.05, 0.1) is 22.3 Å². The molecule has 2 fully saturated rings. The zero-order valence-corrected chi connectivity index (χ0v) is 34.7. The van der Waals surface area contributed by atoms with Crippen LogP contribution >= 0.6 is 0 Å². The topological polar surface area (TPSA) is 187 Å². The Morgan fingerprint density at radius 2 is 1.65 bits per heavy atom. The predicted molar refractivity (Wildman–Crippen MR) is 226 cm³/mol. The molecule has 62 heavy (non-hydrogen) atoms. The average molecular weight is 838 g/mol. The maximum atomic E-state index is 15.4. The zero-order chi connectivity index (χ0) is 43.4. The SMILES string of the molecule is Cc1cc(-c2n[nH]c3ccc(-c4ccc(N5CCN(Cc6cc(F)c7c(c6)C(=O)N(C6CCC(=O)NC6=O)C7=O)CC5)cc4)cc23)ccc1CNC(=O)c1nc(C(C)(C)C)no1. The molecule has 0 spiro atoms. The maximum Gasteiger partial charge on any atom is 0.315 e. The number of piperazine rings is 1. The molecule has 9 rings (SSSR count). The number of nitrogens with zero attached hydrogens (tertiary/aromatic N) is 6. The molecule has 2 aromatic heterocycles. The predicted octanol–water partition coefficient (Wildman–Crippen LogP) is 5.68. The van der Waals surface area contributed by atoms with E-state index < -0.39 is 41.4 Å². The summed E-state index contributed by atoms with van der Waals surface area (Å²) < 4.78 is 20.5. The van der Waals surface area contributed by atoms with Crippen molar-refractivity contribution >= 4 is 46.1 Å². The number of benzene rings is 4. The van der Waals surface area contributed by atoms with Gasteiger partial charge in [0.2, 0.25) is 11.8 Å². The first-order valence-electron chi connectivity index (χ1n) is 20.5. The molecule has 6 aromatic rings. The first-order chi connectivity index (χ1) is 29.7. The molecule has 15 nitrogen and oxygen atoms in total. The third kappa shape index (κ3) is 7.61. The molecular formula is C46H44FN9O6. The highest BCUT2D eigenvalue weighted by atomic mass is 19.1. The fourth-order valence-electron chi connectivity index (χ4n) is 8.31. The lowest BCUT2D eigenvalue weighted by Gasteiger charge is -2.36. The van der Waals surface area contributed by atoms with Crippen molar-refractivity contribution in [1.29, 1.82) is 0 Å². The summed E-state index contributed by atoms with van der Waals surface area (Å²) in [6, 6.07) is 22.4. The molecule has 3 N–H and O–H groups in total. The van der Waals surface area contributed by atoms with Gasteiger partial charge in [-0.25, -0.2) is 4.39 Å². The summed E-state index contributed by atoms with van der Waals surface area (Å²) >= 11 is 0. The molecule has 16 heteroatoms. The largest absolute Gasteiger partial charge is 0.369 e. The van der Waals surface area contributed by atoms with Gasteiger partial charge in [-0.15, -0.1) is 0 Å². The van der Waals surface area contributed by atoms with Crippen LogP contribution in [0.4, 0.5) is 10.1 Å². The summed E-state index contributed by atoms with van der Waals surface area (Å²) in [5.41, 5.74) is 7.67. The van der Waals surface area contributed by atoms with Crippen molar-refractivity contribution in [3.8, 4) is 22.4 Å². The fourth-order valence-corrected chi connectivity index (χ4v) is 8.31. The molecule has 316 valence electrons. The molecule has 0 bridgehead atoms. The maximum absolute atomic E-state index is 15.4. The van der Waals surface area contributed by atoms with Crippen LogP contribution in [0.25, 0.3) is 33.3 Å². The third-order valence-corrected chi connectivity index (χ3v) is 11.8. The summed E-state index contributed by atoms with van der Waals surface area (Å²) in [6.07, 6.45) is -0.00264. The second kappa shape index (κ2) is 15.8. The Labute approximate surface area is 355 Å². The number of nitrogens with one attached hydrogen (secondary N) is 3. The Balaban J connectivity index is 0.821. The Morgan fingerprint density at radius 1 is 0.903 bits per heavy atom. The van der Waals surface area contributed by atoms with E-state index in [0.29, 0.717) is 37.6 Å². The van der Waals surface area contributed by atoms with Gasteiger partial charge in [-0.1, -0.05) is 56.3 Å². The lowest BCUT2D eigenvalue weighted by molar-refractivity contribution is -0.136. The number of aryl methyl sites for hydroxylation is 1. The molecule has 3 aliphatic rings. The van der Waals surface area contributed by atoms with E-state index >= 15 is 4.39 Å². The van der Waals surface area contributed by atoms with Crippen LogP contribution in [0.1, 0.15) is 87.5 Å². The Morgan fingerprint density at radius 3 is 2.35 bits per heavy atom. The van der Waals surface area contributed by atoms with Gasteiger partial charge in [-0.05, 0) is 83.6 Å². The third-order valence-electron chi connectivity index (χ3n) is 11.8. The van der Waals surface area contributed by atoms with Crippen molar-refractivity contribution in [1.82, 2.24) is 40.8 Å². The number of fused-ring (bicyclic) bond motifs is 2. The quantitative estimate of drug-likeness (QED) is 0.152. The average Bonchev–Trinajstić information content (AvgIpc) is 3.98. The minimum Gasteiger partial charge on any atom is -0.369 e. The highest BCUT2D eigenvalue weighted by Gasteiger charge is 2.46. The normalized spacial score (nSPS) is 17.2. The van der Waals surface area contributed by atoms with Crippen molar-refractivity contribution in [2.75, 3.05) is 31.1 Å². The molecule has 1 atom stereocenters. The van der Waals surface area contributed by atoms with Gasteiger partial charge in [-0.3, -0.25) is 44.2 Å². The number of piperidine rings is 1. The molecule has 5 amide bonds. The number of hydrogen-bond acceptors (Lipinski definition) is 11. The van der Waals surface area contributed by atoms with Crippen molar-refractivity contribution in [2.45, 2.75) is 65.1 Å². The molecule has 0 radical (unpaired) electrons. The standard InChI is InChI=1S/C46H44FN9O6/c1-25-19-29(5-6-30(25)23-48-41(59)42-50-45(53-62-42)46(2,3)4)39-32-22-28(9-12-35(32)51-52-39)27-7-10-31(11-8-27)55-17-15-54(16-18-55)24-26-20-33-38(34(47)21-26)44(61)56(43(33)60)36-13-14-37(57)49-40(36)58/h5-12,19-22,36H,13-18,23-24H2,1-4H3,(H,48,59)(H,51,52)(H,49,57,58). The summed E-state index contributed by atoms with van der Waals surface area (Å²) in [5, 5.41) is 17.8. The van der Waals surface area contributed by atoms with Crippen LogP contribution in [-0.2, 0) is 28.1 Å². The van der Waals surface area contributed by atoms with Gasteiger partial charge in [0.25, 0.3) is 11.8 Å². The van der Waals surface area contributed by atoms with Crippen LogP contribution in [0, 0.1) is 12.7 Å². The van der Waals surface area contributed by atoms with Crippen LogP contribution in [0.5, 0.6) is 0 Å². The van der Waals surface area contributed by atoms with Gasteiger partial charge in [0.15, 0.2) is 5.82 Å². The van der Waals surface area contributed by atoms with Crippen molar-refractivity contribution in [2.24, 2.45) is 0 Å². The number of rotatable bonds is 9. The van der Waals surface area contributed by atoms with E-state index in [0.717, 1.165) is 68.1 Å². The first kappa shape index (κ1) is 40.3. The molecule has 5 heterocycles. The number of carbonyl (C=O) groups is 5. The highest BCUT2D eigenvalue weighted by molar-refractivity contribution is 6.23. The number of aromatic amines is 1.